The highest BCUT2D eigenvalue weighted by Crippen LogP contribution is 2.16. The zero-order chi connectivity index (χ0) is 22.5. The summed E-state index contributed by atoms with van der Waals surface area (Å²) in [5, 5.41) is 0. The minimum atomic E-state index is -0.777. The van der Waals surface area contributed by atoms with E-state index in [4.69, 9.17) is 10.5 Å². The fourth-order valence-corrected chi connectivity index (χ4v) is 3.15. The van der Waals surface area contributed by atoms with Crippen LogP contribution in [0.1, 0.15) is 6.42 Å². The summed E-state index contributed by atoms with van der Waals surface area (Å²) in [5.74, 6) is -2.50. The Kier molecular flexibility index (Phi) is 6.49. The quantitative estimate of drug-likeness (QED) is 0.536. The zero-order valence-corrected chi connectivity index (χ0v) is 16.8. The van der Waals surface area contributed by atoms with Crippen molar-refractivity contribution in [2.45, 2.75) is 13.0 Å². The van der Waals surface area contributed by atoms with Gasteiger partial charge in [0.25, 0.3) is 5.91 Å². The Bertz CT molecular complexity index is 1180. The molecule has 9 nitrogen and oxygen atoms in total. The first kappa shape index (κ1) is 21.8. The van der Waals surface area contributed by atoms with Gasteiger partial charge in [-0.15, -0.1) is 0 Å². The zero-order valence-electron chi connectivity index (χ0n) is 16.8. The SMILES string of the molecule is Cn1c(=O)n(CC(=O)OCC(=O)N(CCC(N)=O)c2ccc(F)cc2)c2ccccc21. The first-order valence-corrected chi connectivity index (χ1v) is 9.42. The topological polar surface area (TPSA) is 117 Å². The van der Waals surface area contributed by atoms with Gasteiger partial charge < -0.3 is 15.4 Å². The van der Waals surface area contributed by atoms with Gasteiger partial charge in [0.1, 0.15) is 12.4 Å². The van der Waals surface area contributed by atoms with Crippen molar-refractivity contribution in [3.8, 4) is 0 Å². The van der Waals surface area contributed by atoms with Gasteiger partial charge in [0.2, 0.25) is 5.91 Å². The van der Waals surface area contributed by atoms with Gasteiger partial charge >= 0.3 is 11.7 Å². The molecule has 2 N–H and O–H groups in total. The van der Waals surface area contributed by atoms with Gasteiger partial charge in [-0.05, 0) is 36.4 Å². The number of rotatable bonds is 8. The van der Waals surface area contributed by atoms with E-state index in [9.17, 15) is 23.6 Å². The molecule has 2 amide bonds. The molecule has 0 saturated heterocycles. The fraction of sp³-hybridized carbons (Fsp3) is 0.238. The van der Waals surface area contributed by atoms with Crippen LogP contribution in [0.5, 0.6) is 0 Å². The monoisotopic (exact) mass is 428 g/mol. The Morgan fingerprint density at radius 1 is 1.06 bits per heavy atom. The number of fused-ring (bicyclic) bond motifs is 1. The van der Waals surface area contributed by atoms with E-state index in [0.29, 0.717) is 16.7 Å². The number of carbonyl (C=O) groups excluding carboxylic acids is 3. The lowest BCUT2D eigenvalue weighted by Crippen LogP contribution is -2.37. The molecule has 10 heteroatoms. The Labute approximate surface area is 176 Å². The van der Waals surface area contributed by atoms with Crippen LogP contribution in [0.3, 0.4) is 0 Å². The molecule has 2 aromatic carbocycles. The van der Waals surface area contributed by atoms with Gasteiger partial charge in [0.05, 0.1) is 11.0 Å². The van der Waals surface area contributed by atoms with Crippen molar-refractivity contribution in [1.29, 1.82) is 0 Å². The number of nitrogens with two attached hydrogens (primary N) is 1. The van der Waals surface area contributed by atoms with Crippen molar-refractivity contribution in [1.82, 2.24) is 9.13 Å². The van der Waals surface area contributed by atoms with Crippen LogP contribution in [0, 0.1) is 5.82 Å². The molecular formula is C21H21FN4O5. The van der Waals surface area contributed by atoms with E-state index in [-0.39, 0.29) is 25.2 Å². The summed E-state index contributed by atoms with van der Waals surface area (Å²) < 4.78 is 20.9. The lowest BCUT2D eigenvalue weighted by atomic mass is 10.2. The molecule has 1 heterocycles. The second-order valence-corrected chi connectivity index (χ2v) is 6.82. The first-order chi connectivity index (χ1) is 14.8. The molecule has 3 aromatic rings. The number of benzene rings is 2. The van der Waals surface area contributed by atoms with Crippen molar-refractivity contribution in [2.75, 3.05) is 18.1 Å². The van der Waals surface area contributed by atoms with Crippen molar-refractivity contribution in [3.05, 3.63) is 64.8 Å². The number of ether oxygens (including phenoxy) is 1. The molecule has 0 spiro atoms. The average Bonchev–Trinajstić information content (AvgIpc) is 2.98. The highest BCUT2D eigenvalue weighted by Gasteiger charge is 2.20. The lowest BCUT2D eigenvalue weighted by Gasteiger charge is -2.22. The molecular weight excluding hydrogens is 407 g/mol. The van der Waals surface area contributed by atoms with Crippen LogP contribution in [-0.4, -0.2) is 40.1 Å². The summed E-state index contributed by atoms with van der Waals surface area (Å²) in [4.78, 5) is 49.6. The second-order valence-electron chi connectivity index (χ2n) is 6.82. The number of hydrogen-bond donors (Lipinski definition) is 1. The number of imidazole rings is 1. The third-order valence-corrected chi connectivity index (χ3v) is 4.72. The van der Waals surface area contributed by atoms with Crippen LogP contribution in [0.25, 0.3) is 11.0 Å². The molecule has 3 rings (SSSR count). The molecule has 0 fully saturated rings. The maximum Gasteiger partial charge on any atom is 0.329 e. The lowest BCUT2D eigenvalue weighted by molar-refractivity contribution is -0.148. The summed E-state index contributed by atoms with van der Waals surface area (Å²) in [6, 6.07) is 12.0. The van der Waals surface area contributed by atoms with Crippen molar-refractivity contribution in [2.24, 2.45) is 12.8 Å². The number of carbonyl (C=O) groups is 3. The minimum absolute atomic E-state index is 0.0554. The van der Waals surface area contributed by atoms with E-state index >= 15 is 0 Å². The summed E-state index contributed by atoms with van der Waals surface area (Å²) in [7, 11) is 1.59. The van der Waals surface area contributed by atoms with Gasteiger partial charge in [0.15, 0.2) is 6.61 Å². The van der Waals surface area contributed by atoms with Crippen molar-refractivity contribution in [3.63, 3.8) is 0 Å². The number of esters is 1. The van der Waals surface area contributed by atoms with Crippen LogP contribution in [0.2, 0.25) is 0 Å². The predicted octanol–water partition coefficient (Wildman–Crippen LogP) is 0.931. The Morgan fingerprint density at radius 2 is 1.71 bits per heavy atom. The third-order valence-electron chi connectivity index (χ3n) is 4.72. The minimum Gasteiger partial charge on any atom is -0.454 e. The Balaban J connectivity index is 1.70. The van der Waals surface area contributed by atoms with E-state index in [2.05, 4.69) is 0 Å². The molecule has 162 valence electrons. The molecule has 0 aliphatic carbocycles. The van der Waals surface area contributed by atoms with Crippen LogP contribution < -0.4 is 16.3 Å². The molecule has 31 heavy (non-hydrogen) atoms. The van der Waals surface area contributed by atoms with Gasteiger partial charge in [-0.2, -0.15) is 0 Å². The molecule has 0 aliphatic rings. The third kappa shape index (κ3) is 4.97. The van der Waals surface area contributed by atoms with Gasteiger partial charge in [-0.25, -0.2) is 9.18 Å². The highest BCUT2D eigenvalue weighted by molar-refractivity contribution is 5.95. The van der Waals surface area contributed by atoms with Gasteiger partial charge in [-0.3, -0.25) is 23.5 Å². The van der Waals surface area contributed by atoms with Crippen LogP contribution >= 0.6 is 0 Å². The van der Waals surface area contributed by atoms with E-state index in [1.54, 1.807) is 31.3 Å². The maximum atomic E-state index is 13.2. The number of aromatic nitrogens is 2. The number of hydrogen-bond acceptors (Lipinski definition) is 5. The smallest absolute Gasteiger partial charge is 0.329 e. The van der Waals surface area contributed by atoms with E-state index in [1.165, 1.54) is 38.3 Å². The summed E-state index contributed by atoms with van der Waals surface area (Å²) in [6.45, 7) is -1.04. The first-order valence-electron chi connectivity index (χ1n) is 9.42. The van der Waals surface area contributed by atoms with Crippen molar-refractivity contribution >= 4 is 34.5 Å². The Hall–Kier alpha value is -3.95. The predicted molar refractivity (Wildman–Crippen MR) is 111 cm³/mol. The van der Waals surface area contributed by atoms with E-state index in [1.807, 2.05) is 0 Å². The van der Waals surface area contributed by atoms with Crippen LogP contribution in [0.4, 0.5) is 10.1 Å². The Morgan fingerprint density at radius 3 is 2.35 bits per heavy atom. The van der Waals surface area contributed by atoms with Crippen molar-refractivity contribution < 1.29 is 23.5 Å². The van der Waals surface area contributed by atoms with E-state index < -0.39 is 30.2 Å². The second kappa shape index (κ2) is 9.24. The summed E-state index contributed by atoms with van der Waals surface area (Å²) in [5.41, 5.74) is 6.31. The van der Waals surface area contributed by atoms with Crippen LogP contribution in [-0.2, 0) is 32.7 Å². The number of nitrogens with zero attached hydrogens (tertiary/aromatic N) is 3. The summed E-state index contributed by atoms with van der Waals surface area (Å²) in [6.07, 6.45) is -0.123. The average molecular weight is 428 g/mol. The molecule has 0 atom stereocenters. The number of amides is 2. The molecule has 1 aromatic heterocycles. The number of halogens is 1. The standard InChI is InChI=1S/C21H21FN4O5/c1-24-16-4-2-3-5-17(16)26(21(24)30)12-20(29)31-13-19(28)25(11-10-18(23)27)15-8-6-14(22)7-9-15/h2-9H,10-13H2,1H3,(H2,23,27). The van der Waals surface area contributed by atoms with Gasteiger partial charge in [0, 0.05) is 25.7 Å². The maximum absolute atomic E-state index is 13.2. The number of anilines is 1. The molecule has 0 saturated carbocycles. The molecule has 0 radical (unpaired) electrons. The molecule has 0 aliphatic heterocycles. The molecule has 0 bridgehead atoms. The largest absolute Gasteiger partial charge is 0.454 e. The number of primary amides is 1. The molecule has 0 unspecified atom stereocenters. The normalized spacial score (nSPS) is 10.8. The number of para-hydroxylation sites is 2. The highest BCUT2D eigenvalue weighted by atomic mass is 19.1. The number of aryl methyl sites for hydroxylation is 1. The summed E-state index contributed by atoms with van der Waals surface area (Å²) >= 11 is 0. The fourth-order valence-electron chi connectivity index (χ4n) is 3.15. The van der Waals surface area contributed by atoms with Crippen LogP contribution in [0.15, 0.2) is 53.3 Å². The van der Waals surface area contributed by atoms with Gasteiger partial charge in [-0.1, -0.05) is 12.1 Å². The van der Waals surface area contributed by atoms with E-state index in [0.717, 1.165) is 0 Å².